The summed E-state index contributed by atoms with van der Waals surface area (Å²) in [7, 11) is -3.12. The second-order valence-electron chi connectivity index (χ2n) is 4.74. The van der Waals surface area contributed by atoms with Crippen LogP contribution in [0.3, 0.4) is 0 Å². The smallest absolute Gasteiger partial charge is 0.392 e. The van der Waals surface area contributed by atoms with Gasteiger partial charge in [0.05, 0.1) is 24.3 Å². The third-order valence-electron chi connectivity index (χ3n) is 3.16. The Bertz CT molecular complexity index is 740. The number of hydrogen-bond donors (Lipinski definition) is 2. The van der Waals surface area contributed by atoms with Crippen molar-refractivity contribution in [2.75, 3.05) is 0 Å². The van der Waals surface area contributed by atoms with Gasteiger partial charge in [-0.2, -0.15) is 0 Å². The normalized spacial score (nSPS) is 10.2. The molecule has 2 N–H and O–H groups in total. The largest absolute Gasteiger partial charge is 0.780 e. The van der Waals surface area contributed by atoms with Gasteiger partial charge in [0.25, 0.3) is 0 Å². The molecule has 136 valence electrons. The maximum Gasteiger partial charge on any atom is 0.780 e. The van der Waals surface area contributed by atoms with E-state index >= 15 is 0 Å². The summed E-state index contributed by atoms with van der Waals surface area (Å²) in [6, 6.07) is 12.0. The minimum absolute atomic E-state index is 0.00673. The molecule has 0 bridgehead atoms. The first-order valence-corrected chi connectivity index (χ1v) is 8.29. The van der Waals surface area contributed by atoms with Gasteiger partial charge in [0.2, 0.25) is 0 Å². The molecule has 0 atom stereocenters. The highest BCUT2D eigenvalue weighted by atomic mass is 31.1. The Morgan fingerprint density at radius 2 is 1.15 bits per heavy atom. The number of aliphatic hydroxyl groups is 2. The van der Waals surface area contributed by atoms with E-state index < -0.39 is 33.4 Å². The number of benzene rings is 2. The van der Waals surface area contributed by atoms with Crippen molar-refractivity contribution in [2.24, 2.45) is 0 Å². The topological polar surface area (TPSA) is 129 Å². The molecule has 0 aliphatic carbocycles. The van der Waals surface area contributed by atoms with Crippen molar-refractivity contribution in [2.45, 2.75) is 13.2 Å². The minimum Gasteiger partial charge on any atom is -0.392 e. The lowest BCUT2D eigenvalue weighted by Gasteiger charge is -2.03. The van der Waals surface area contributed by atoms with Crippen LogP contribution < -0.4 is 0 Å². The van der Waals surface area contributed by atoms with Gasteiger partial charge in [-0.05, 0) is 23.3 Å². The van der Waals surface area contributed by atoms with Gasteiger partial charge in [0.15, 0.2) is 0 Å². The molecule has 10 heteroatoms. The SMILES string of the molecule is O=C(OO[P+](=O)OOC(=O)c1ccccc1CO)c1ccccc1CO. The van der Waals surface area contributed by atoms with Gasteiger partial charge in [-0.25, -0.2) is 19.4 Å². The van der Waals surface area contributed by atoms with E-state index in [1.807, 2.05) is 0 Å². The Balaban J connectivity index is 1.85. The molecule has 2 rings (SSSR count). The van der Waals surface area contributed by atoms with Crippen molar-refractivity contribution >= 4 is 20.2 Å². The first kappa shape index (κ1) is 19.6. The van der Waals surface area contributed by atoms with Gasteiger partial charge in [-0.3, -0.25) is 0 Å². The number of carbonyl (C=O) groups excluding carboxylic acids is 2. The first-order chi connectivity index (χ1) is 12.6. The molecule has 0 saturated heterocycles. The van der Waals surface area contributed by atoms with Gasteiger partial charge in [-0.15, -0.1) is 0 Å². The minimum atomic E-state index is -3.12. The number of carbonyl (C=O) groups is 2. The van der Waals surface area contributed by atoms with Crippen molar-refractivity contribution in [3.8, 4) is 0 Å². The molecule has 0 aliphatic heterocycles. The van der Waals surface area contributed by atoms with E-state index in [2.05, 4.69) is 19.1 Å². The van der Waals surface area contributed by atoms with Crippen LogP contribution in [-0.2, 0) is 36.9 Å². The van der Waals surface area contributed by atoms with E-state index in [4.69, 9.17) is 10.2 Å². The lowest BCUT2D eigenvalue weighted by atomic mass is 10.1. The predicted molar refractivity (Wildman–Crippen MR) is 85.3 cm³/mol. The maximum absolute atomic E-state index is 11.8. The Morgan fingerprint density at radius 3 is 1.54 bits per heavy atom. The zero-order valence-electron chi connectivity index (χ0n) is 13.2. The summed E-state index contributed by atoms with van der Waals surface area (Å²) in [5.41, 5.74) is 0.577. The monoisotopic (exact) mass is 381 g/mol. The Kier molecular flexibility index (Phi) is 7.34. The van der Waals surface area contributed by atoms with Crippen LogP contribution in [-0.4, -0.2) is 22.2 Å². The van der Waals surface area contributed by atoms with Crippen LogP contribution in [0.15, 0.2) is 48.5 Å². The summed E-state index contributed by atoms with van der Waals surface area (Å²) >= 11 is 0. The third-order valence-corrected chi connectivity index (χ3v) is 3.56. The zero-order chi connectivity index (χ0) is 18.9. The van der Waals surface area contributed by atoms with Crippen LogP contribution in [0, 0.1) is 0 Å². The highest BCUT2D eigenvalue weighted by Gasteiger charge is 2.31. The van der Waals surface area contributed by atoms with Gasteiger partial charge < -0.3 is 10.2 Å². The lowest BCUT2D eigenvalue weighted by Crippen LogP contribution is -2.09. The Morgan fingerprint density at radius 1 is 0.769 bits per heavy atom. The molecule has 0 saturated carbocycles. The molecule has 0 radical (unpaired) electrons. The fourth-order valence-electron chi connectivity index (χ4n) is 1.95. The van der Waals surface area contributed by atoms with E-state index in [1.165, 1.54) is 36.4 Å². The molecular weight excluding hydrogens is 367 g/mol. The standard InChI is InChI=1S/C16H14O9P/c17-9-11-5-1-3-7-13(11)15(19)22-24-26(21)25-23-16(20)14-8-4-2-6-12(14)10-18/h1-8,17-18H,9-10H2/q+1. The van der Waals surface area contributed by atoms with Crippen LogP contribution in [0.25, 0.3) is 0 Å². The summed E-state index contributed by atoms with van der Waals surface area (Å²) in [4.78, 5) is 32.2. The molecular formula is C16H14O9P+. The van der Waals surface area contributed by atoms with Gasteiger partial charge >= 0.3 is 20.2 Å². The van der Waals surface area contributed by atoms with Gasteiger partial charge in [-0.1, -0.05) is 36.4 Å². The second-order valence-corrected chi connectivity index (χ2v) is 5.49. The third kappa shape index (κ3) is 5.16. The quantitative estimate of drug-likeness (QED) is 0.402. The van der Waals surface area contributed by atoms with Crippen molar-refractivity contribution in [1.82, 2.24) is 0 Å². The molecule has 9 nitrogen and oxygen atoms in total. The average molecular weight is 381 g/mol. The van der Waals surface area contributed by atoms with Crippen molar-refractivity contribution in [3.63, 3.8) is 0 Å². The molecule has 2 aromatic carbocycles. The summed E-state index contributed by atoms with van der Waals surface area (Å²) in [5, 5.41) is 18.3. The van der Waals surface area contributed by atoms with Gasteiger partial charge in [0.1, 0.15) is 9.35 Å². The number of hydrogen-bond acceptors (Lipinski definition) is 9. The predicted octanol–water partition coefficient (Wildman–Crippen LogP) is 2.21. The molecule has 0 heterocycles. The van der Waals surface area contributed by atoms with Gasteiger partial charge in [0, 0.05) is 4.57 Å². The van der Waals surface area contributed by atoms with Crippen LogP contribution in [0.4, 0.5) is 0 Å². The lowest BCUT2D eigenvalue weighted by molar-refractivity contribution is -0.201. The summed E-state index contributed by atoms with van der Waals surface area (Å²) in [5.74, 6) is -2.03. The molecule has 0 spiro atoms. The molecule has 0 amide bonds. The summed E-state index contributed by atoms with van der Waals surface area (Å²) in [6.07, 6.45) is 0. The maximum atomic E-state index is 11.8. The zero-order valence-corrected chi connectivity index (χ0v) is 14.1. The molecule has 26 heavy (non-hydrogen) atoms. The van der Waals surface area contributed by atoms with Crippen LogP contribution in [0.1, 0.15) is 31.8 Å². The first-order valence-electron chi connectivity index (χ1n) is 7.19. The fourth-order valence-corrected chi connectivity index (χ4v) is 2.23. The average Bonchev–Trinajstić information content (AvgIpc) is 2.69. The fraction of sp³-hybridized carbons (Fsp3) is 0.125. The van der Waals surface area contributed by atoms with E-state index in [0.717, 1.165) is 0 Å². The van der Waals surface area contributed by atoms with Crippen molar-refractivity contribution < 1.29 is 43.5 Å². The van der Waals surface area contributed by atoms with E-state index in [1.54, 1.807) is 12.1 Å². The summed E-state index contributed by atoms with van der Waals surface area (Å²) < 4.78 is 19.9. The molecule has 0 unspecified atom stereocenters. The highest BCUT2D eigenvalue weighted by molar-refractivity contribution is 7.33. The molecule has 0 fully saturated rings. The molecule has 2 aromatic rings. The van der Waals surface area contributed by atoms with Crippen LogP contribution in [0.5, 0.6) is 0 Å². The van der Waals surface area contributed by atoms with Crippen LogP contribution in [0.2, 0.25) is 0 Å². The molecule has 0 aromatic heterocycles. The summed E-state index contributed by atoms with van der Waals surface area (Å²) in [6.45, 7) is -0.814. The highest BCUT2D eigenvalue weighted by Crippen LogP contribution is 2.26. The molecule has 0 aliphatic rings. The van der Waals surface area contributed by atoms with E-state index in [0.29, 0.717) is 0 Å². The van der Waals surface area contributed by atoms with Crippen LogP contribution >= 0.6 is 8.25 Å². The Labute approximate surface area is 148 Å². The van der Waals surface area contributed by atoms with E-state index in [-0.39, 0.29) is 22.3 Å². The second kappa shape index (κ2) is 9.71. The van der Waals surface area contributed by atoms with Crippen molar-refractivity contribution in [1.29, 1.82) is 0 Å². The van der Waals surface area contributed by atoms with E-state index in [9.17, 15) is 14.2 Å². The van der Waals surface area contributed by atoms with Crippen molar-refractivity contribution in [3.05, 3.63) is 70.8 Å². The Hall–Kier alpha value is -2.68. The number of aliphatic hydroxyl groups excluding tert-OH is 2. The number of rotatable bonds is 8.